The molecule has 2 heterocycles. The highest BCUT2D eigenvalue weighted by Gasteiger charge is 2.17. The molecule has 9 nitrogen and oxygen atoms in total. The molecule has 0 fully saturated rings. The number of nitrogen functional groups attached to an aromatic ring is 1. The van der Waals surface area contributed by atoms with Crippen LogP contribution in [-0.4, -0.2) is 41.3 Å². The molecule has 152 valence electrons. The molecule has 30 heavy (non-hydrogen) atoms. The third-order valence-corrected chi connectivity index (χ3v) is 4.56. The first-order valence-corrected chi connectivity index (χ1v) is 8.98. The number of nitrogens with one attached hydrogen (secondary N) is 1. The Bertz CT molecular complexity index is 1280. The largest absolute Gasteiger partial charge is 0.493 e. The molecular formula is C21H19N5O4. The van der Waals surface area contributed by atoms with Gasteiger partial charge in [-0.25, -0.2) is 15.0 Å². The summed E-state index contributed by atoms with van der Waals surface area (Å²) in [5, 5.41) is 0.494. The smallest absolute Gasteiger partial charge is 0.259 e. The third-order valence-electron chi connectivity index (χ3n) is 4.56. The second kappa shape index (κ2) is 7.70. The van der Waals surface area contributed by atoms with Gasteiger partial charge in [0, 0.05) is 5.56 Å². The van der Waals surface area contributed by atoms with Crippen molar-refractivity contribution >= 4 is 16.9 Å². The maximum absolute atomic E-state index is 12.4. The second-order valence-electron chi connectivity index (χ2n) is 6.34. The summed E-state index contributed by atoms with van der Waals surface area (Å²) < 4.78 is 16.2. The molecule has 0 aliphatic carbocycles. The summed E-state index contributed by atoms with van der Waals surface area (Å²) in [5.74, 6) is 1.74. The molecule has 4 rings (SSSR count). The van der Waals surface area contributed by atoms with Crippen LogP contribution in [0.15, 0.2) is 47.3 Å². The maximum Gasteiger partial charge on any atom is 0.259 e. The van der Waals surface area contributed by atoms with Crippen LogP contribution in [0.1, 0.15) is 0 Å². The van der Waals surface area contributed by atoms with Crippen molar-refractivity contribution in [1.82, 2.24) is 19.9 Å². The van der Waals surface area contributed by atoms with Gasteiger partial charge in [0.1, 0.15) is 5.69 Å². The van der Waals surface area contributed by atoms with Crippen LogP contribution in [0, 0.1) is 0 Å². The van der Waals surface area contributed by atoms with E-state index >= 15 is 0 Å². The lowest BCUT2D eigenvalue weighted by Crippen LogP contribution is -2.10. The van der Waals surface area contributed by atoms with E-state index in [2.05, 4.69) is 19.9 Å². The molecule has 0 saturated heterocycles. The lowest BCUT2D eigenvalue weighted by Gasteiger charge is -2.14. The Labute approximate surface area is 171 Å². The first-order valence-electron chi connectivity index (χ1n) is 8.98. The number of H-pyrrole nitrogens is 1. The third kappa shape index (κ3) is 3.37. The minimum Gasteiger partial charge on any atom is -0.493 e. The number of rotatable bonds is 5. The first-order chi connectivity index (χ1) is 14.5. The van der Waals surface area contributed by atoms with Crippen LogP contribution in [0.2, 0.25) is 0 Å². The number of methoxy groups -OCH3 is 3. The summed E-state index contributed by atoms with van der Waals surface area (Å²) in [6, 6.07) is 12.3. The highest BCUT2D eigenvalue weighted by Crippen LogP contribution is 2.41. The SMILES string of the molecule is COc1cc(-c2cc(-c3nc4ccccc4c(=O)[nH]3)nc(N)n2)cc(OC)c1OC. The van der Waals surface area contributed by atoms with Crippen molar-refractivity contribution in [1.29, 1.82) is 0 Å². The van der Waals surface area contributed by atoms with Crippen LogP contribution < -0.4 is 25.5 Å². The number of aromatic nitrogens is 4. The van der Waals surface area contributed by atoms with Gasteiger partial charge in [-0.05, 0) is 30.3 Å². The Hall–Kier alpha value is -4.14. The van der Waals surface area contributed by atoms with Crippen molar-refractivity contribution in [2.45, 2.75) is 0 Å². The van der Waals surface area contributed by atoms with E-state index in [1.54, 1.807) is 36.4 Å². The van der Waals surface area contributed by atoms with Gasteiger partial charge in [0.2, 0.25) is 11.7 Å². The van der Waals surface area contributed by atoms with Gasteiger partial charge in [-0.2, -0.15) is 0 Å². The number of nitrogens with zero attached hydrogens (tertiary/aromatic N) is 3. The zero-order chi connectivity index (χ0) is 21.3. The number of fused-ring (bicyclic) bond motifs is 1. The van der Waals surface area contributed by atoms with E-state index in [1.165, 1.54) is 21.3 Å². The molecule has 0 saturated carbocycles. The zero-order valence-electron chi connectivity index (χ0n) is 16.6. The Balaban J connectivity index is 1.89. The number of para-hydroxylation sites is 1. The predicted octanol–water partition coefficient (Wildman–Crippen LogP) is 2.66. The van der Waals surface area contributed by atoms with E-state index in [9.17, 15) is 4.79 Å². The Morgan fingerprint density at radius 1 is 0.867 bits per heavy atom. The quantitative estimate of drug-likeness (QED) is 0.519. The van der Waals surface area contributed by atoms with Crippen molar-refractivity contribution in [2.75, 3.05) is 27.1 Å². The fourth-order valence-corrected chi connectivity index (χ4v) is 3.17. The molecule has 0 spiro atoms. The van der Waals surface area contributed by atoms with Crippen molar-refractivity contribution in [2.24, 2.45) is 0 Å². The Kier molecular flexibility index (Phi) is 4.93. The molecule has 0 amide bonds. The summed E-state index contributed by atoms with van der Waals surface area (Å²) in [7, 11) is 4.59. The van der Waals surface area contributed by atoms with Gasteiger partial charge in [0.25, 0.3) is 5.56 Å². The normalized spacial score (nSPS) is 10.8. The maximum atomic E-state index is 12.4. The molecule has 0 radical (unpaired) electrons. The minimum absolute atomic E-state index is 0.0343. The van der Waals surface area contributed by atoms with E-state index in [0.717, 1.165) is 0 Å². The van der Waals surface area contributed by atoms with Crippen molar-refractivity contribution in [3.05, 3.63) is 52.8 Å². The molecule has 2 aromatic heterocycles. The van der Waals surface area contributed by atoms with E-state index in [4.69, 9.17) is 19.9 Å². The summed E-state index contributed by atoms with van der Waals surface area (Å²) >= 11 is 0. The standard InChI is InChI=1S/C21H19N5O4/c1-28-16-8-11(9-17(29-2)18(16)30-3)14-10-15(25-21(22)24-14)19-23-13-7-5-4-6-12(13)20(27)26-19/h4-10H,1-3H3,(H2,22,24,25)(H,23,26,27). The van der Waals surface area contributed by atoms with E-state index in [-0.39, 0.29) is 11.5 Å². The highest BCUT2D eigenvalue weighted by atomic mass is 16.5. The fraction of sp³-hybridized carbons (Fsp3) is 0.143. The number of ether oxygens (including phenoxy) is 3. The molecule has 0 atom stereocenters. The first kappa shape index (κ1) is 19.2. The predicted molar refractivity (Wildman–Crippen MR) is 113 cm³/mol. The van der Waals surface area contributed by atoms with Gasteiger partial charge in [-0.15, -0.1) is 0 Å². The van der Waals surface area contributed by atoms with E-state index in [0.29, 0.717) is 50.9 Å². The molecule has 0 unspecified atom stereocenters. The molecule has 0 bridgehead atoms. The lowest BCUT2D eigenvalue weighted by atomic mass is 10.1. The number of hydrogen-bond acceptors (Lipinski definition) is 8. The Morgan fingerprint density at radius 3 is 2.20 bits per heavy atom. The number of hydrogen-bond donors (Lipinski definition) is 2. The van der Waals surface area contributed by atoms with Crippen LogP contribution in [0.25, 0.3) is 33.7 Å². The van der Waals surface area contributed by atoms with Gasteiger partial charge < -0.3 is 24.9 Å². The van der Waals surface area contributed by atoms with Crippen molar-refractivity contribution < 1.29 is 14.2 Å². The fourth-order valence-electron chi connectivity index (χ4n) is 3.17. The van der Waals surface area contributed by atoms with Gasteiger partial charge >= 0.3 is 0 Å². The van der Waals surface area contributed by atoms with Crippen LogP contribution in [0.3, 0.4) is 0 Å². The van der Waals surface area contributed by atoms with E-state index in [1.807, 2.05) is 6.07 Å². The summed E-state index contributed by atoms with van der Waals surface area (Å²) in [4.78, 5) is 28.3. The molecule has 0 aliphatic rings. The summed E-state index contributed by atoms with van der Waals surface area (Å²) in [6.45, 7) is 0. The van der Waals surface area contributed by atoms with Crippen LogP contribution >= 0.6 is 0 Å². The number of nitrogens with two attached hydrogens (primary N) is 1. The topological polar surface area (TPSA) is 125 Å². The molecule has 3 N–H and O–H groups in total. The molecule has 0 aliphatic heterocycles. The monoisotopic (exact) mass is 405 g/mol. The highest BCUT2D eigenvalue weighted by molar-refractivity contribution is 5.79. The van der Waals surface area contributed by atoms with Crippen molar-refractivity contribution in [3.8, 4) is 40.0 Å². The van der Waals surface area contributed by atoms with Crippen LogP contribution in [0.5, 0.6) is 17.2 Å². The average molecular weight is 405 g/mol. The molecule has 4 aromatic rings. The second-order valence-corrected chi connectivity index (χ2v) is 6.34. The van der Waals surface area contributed by atoms with Crippen molar-refractivity contribution in [3.63, 3.8) is 0 Å². The van der Waals surface area contributed by atoms with Gasteiger partial charge in [-0.3, -0.25) is 4.79 Å². The van der Waals surface area contributed by atoms with E-state index < -0.39 is 0 Å². The zero-order valence-corrected chi connectivity index (χ0v) is 16.6. The molecular weight excluding hydrogens is 386 g/mol. The molecule has 2 aromatic carbocycles. The van der Waals surface area contributed by atoms with Gasteiger partial charge in [0.05, 0.1) is 37.9 Å². The number of aromatic amines is 1. The van der Waals surface area contributed by atoms with Crippen LogP contribution in [0.4, 0.5) is 5.95 Å². The number of benzene rings is 2. The Morgan fingerprint density at radius 2 is 1.53 bits per heavy atom. The van der Waals surface area contributed by atoms with Gasteiger partial charge in [0.15, 0.2) is 17.3 Å². The lowest BCUT2D eigenvalue weighted by molar-refractivity contribution is 0.324. The minimum atomic E-state index is -0.262. The molecule has 9 heteroatoms. The number of anilines is 1. The van der Waals surface area contributed by atoms with Crippen LogP contribution in [-0.2, 0) is 0 Å². The summed E-state index contributed by atoms with van der Waals surface area (Å²) in [6.07, 6.45) is 0. The average Bonchev–Trinajstić information content (AvgIpc) is 2.77. The van der Waals surface area contributed by atoms with Gasteiger partial charge in [-0.1, -0.05) is 12.1 Å². The summed E-state index contributed by atoms with van der Waals surface area (Å²) in [5.41, 5.74) is 7.81.